The number of nitrogens with zero attached hydrogens (tertiary/aromatic N) is 7. The fourth-order valence-electron chi connectivity index (χ4n) is 2.89. The molecule has 4 aromatic rings. The number of rotatable bonds is 6. The zero-order chi connectivity index (χ0) is 21.5. The van der Waals surface area contributed by atoms with Crippen LogP contribution < -0.4 is 0 Å². The second-order valence-corrected chi connectivity index (χ2v) is 9.40. The van der Waals surface area contributed by atoms with E-state index in [1.165, 1.54) is 48.7 Å². The molecule has 156 valence electrons. The normalized spacial score (nSPS) is 12.2. The van der Waals surface area contributed by atoms with Crippen LogP contribution in [0.15, 0.2) is 47.0 Å². The van der Waals surface area contributed by atoms with Gasteiger partial charge in [-0.15, -0.1) is 0 Å². The number of alkyl halides is 2. The topological polar surface area (TPSA) is 108 Å². The zero-order valence-electron chi connectivity index (χ0n) is 15.8. The summed E-state index contributed by atoms with van der Waals surface area (Å²) in [5, 5.41) is 4.14. The molecule has 4 rings (SSSR count). The lowest BCUT2D eigenvalue weighted by Gasteiger charge is -2.10. The van der Waals surface area contributed by atoms with Crippen molar-refractivity contribution in [1.29, 1.82) is 0 Å². The van der Waals surface area contributed by atoms with Crippen molar-refractivity contribution in [2.75, 3.05) is 5.75 Å². The molecule has 0 aliphatic carbocycles. The number of fused-ring (bicyclic) bond motifs is 1. The van der Waals surface area contributed by atoms with E-state index in [0.717, 1.165) is 0 Å². The summed E-state index contributed by atoms with van der Waals surface area (Å²) in [4.78, 5) is 16.9. The van der Waals surface area contributed by atoms with Crippen molar-refractivity contribution >= 4 is 32.6 Å². The molecule has 0 aromatic carbocycles. The largest absolute Gasteiger partial charge is 0.324 e. The Morgan fingerprint density at radius 2 is 2.03 bits per heavy atom. The number of hydrogen-bond donors (Lipinski definition) is 0. The Morgan fingerprint density at radius 1 is 1.23 bits per heavy atom. The third kappa shape index (κ3) is 3.65. The second-order valence-electron chi connectivity index (χ2n) is 6.14. The molecule has 0 fully saturated rings. The van der Waals surface area contributed by atoms with E-state index < -0.39 is 15.6 Å². The number of thioether (sulfide) groups is 1. The third-order valence-corrected chi connectivity index (χ3v) is 6.78. The van der Waals surface area contributed by atoms with Crippen LogP contribution >= 0.6 is 11.8 Å². The van der Waals surface area contributed by atoms with Crippen LogP contribution in [-0.2, 0) is 16.9 Å². The van der Waals surface area contributed by atoms with Crippen molar-refractivity contribution in [3.05, 3.63) is 37.1 Å². The fourth-order valence-corrected chi connectivity index (χ4v) is 4.39. The number of imidazole rings is 1. The van der Waals surface area contributed by atoms with Gasteiger partial charge in [-0.3, -0.25) is 0 Å². The van der Waals surface area contributed by atoms with Crippen LogP contribution in [0.1, 0.15) is 6.92 Å². The van der Waals surface area contributed by atoms with E-state index >= 15 is 0 Å². The maximum atomic E-state index is 12.7. The van der Waals surface area contributed by atoms with E-state index in [4.69, 9.17) is 0 Å². The first-order valence-electron chi connectivity index (χ1n) is 8.66. The molecular formula is C17H15F2N7O2S2. The lowest BCUT2D eigenvalue weighted by molar-refractivity contribution is 0.252. The highest BCUT2D eigenvalue weighted by Gasteiger charge is 2.24. The maximum Gasteiger partial charge on any atom is 0.290 e. The first-order chi connectivity index (χ1) is 14.3. The number of pyridine rings is 2. The molecule has 0 N–H and O–H groups in total. The predicted octanol–water partition coefficient (Wildman–Crippen LogP) is 2.72. The van der Waals surface area contributed by atoms with Gasteiger partial charge in [-0.1, -0.05) is 6.92 Å². The molecule has 0 aliphatic heterocycles. The number of hydrogen-bond acceptors (Lipinski definition) is 8. The van der Waals surface area contributed by atoms with Gasteiger partial charge in [0, 0.05) is 7.05 Å². The van der Waals surface area contributed by atoms with Crippen molar-refractivity contribution in [1.82, 2.24) is 34.3 Å². The van der Waals surface area contributed by atoms with Gasteiger partial charge in [0.2, 0.25) is 0 Å². The Bertz CT molecular complexity index is 1320. The van der Waals surface area contributed by atoms with Gasteiger partial charge in [-0.05, 0) is 30.0 Å². The second kappa shape index (κ2) is 7.72. The van der Waals surface area contributed by atoms with Gasteiger partial charge < -0.3 is 4.57 Å². The third-order valence-electron chi connectivity index (χ3n) is 4.38. The van der Waals surface area contributed by atoms with E-state index in [2.05, 4.69) is 25.0 Å². The molecular weight excluding hydrogens is 436 g/mol. The molecule has 0 aliphatic rings. The molecule has 0 radical (unpaired) electrons. The van der Waals surface area contributed by atoms with Gasteiger partial charge in [-0.2, -0.15) is 13.9 Å². The van der Waals surface area contributed by atoms with E-state index in [1.54, 1.807) is 11.6 Å². The van der Waals surface area contributed by atoms with Crippen LogP contribution in [0.4, 0.5) is 8.78 Å². The van der Waals surface area contributed by atoms with Gasteiger partial charge in [0.05, 0.1) is 27.9 Å². The summed E-state index contributed by atoms with van der Waals surface area (Å²) >= 11 is 0.312. The van der Waals surface area contributed by atoms with Gasteiger partial charge in [0.15, 0.2) is 21.5 Å². The van der Waals surface area contributed by atoms with E-state index in [0.29, 0.717) is 28.6 Å². The minimum absolute atomic E-state index is 0.0161. The quantitative estimate of drug-likeness (QED) is 0.412. The molecule has 4 heterocycles. The molecule has 0 amide bonds. The molecule has 9 nitrogen and oxygen atoms in total. The van der Waals surface area contributed by atoms with Crippen molar-refractivity contribution in [3.8, 4) is 17.3 Å². The zero-order valence-corrected chi connectivity index (χ0v) is 17.4. The molecule has 30 heavy (non-hydrogen) atoms. The smallest absolute Gasteiger partial charge is 0.290 e. The summed E-state index contributed by atoms with van der Waals surface area (Å²) in [5.41, 5.74) is 1.08. The Kier molecular flexibility index (Phi) is 5.24. The fraction of sp³-hybridized carbons (Fsp3) is 0.235. The van der Waals surface area contributed by atoms with Crippen LogP contribution in [0.5, 0.6) is 0 Å². The van der Waals surface area contributed by atoms with Crippen LogP contribution in [0, 0.1) is 0 Å². The van der Waals surface area contributed by atoms with Crippen LogP contribution in [0.25, 0.3) is 28.4 Å². The lowest BCUT2D eigenvalue weighted by atomic mass is 10.3. The van der Waals surface area contributed by atoms with Crippen molar-refractivity contribution in [2.45, 2.75) is 22.6 Å². The summed E-state index contributed by atoms with van der Waals surface area (Å²) in [6, 6.07) is 4.42. The molecule has 4 aromatic heterocycles. The first kappa shape index (κ1) is 20.3. The van der Waals surface area contributed by atoms with Gasteiger partial charge in [0.1, 0.15) is 23.4 Å². The van der Waals surface area contributed by atoms with Crippen LogP contribution in [0.2, 0.25) is 0 Å². The van der Waals surface area contributed by atoms with Crippen molar-refractivity contribution < 1.29 is 17.2 Å². The maximum absolute atomic E-state index is 12.7. The molecule has 0 unspecified atom stereocenters. The molecule has 0 saturated heterocycles. The monoisotopic (exact) mass is 451 g/mol. The Morgan fingerprint density at radius 3 is 2.70 bits per heavy atom. The SMILES string of the molecule is CCS(=O)(=O)c1ccc(-n2cncn2)nc1-c1nc2cc(SC(F)F)ncc2n1C. The van der Waals surface area contributed by atoms with Crippen molar-refractivity contribution in [3.63, 3.8) is 0 Å². The summed E-state index contributed by atoms with van der Waals surface area (Å²) in [6.45, 7) is 1.54. The summed E-state index contributed by atoms with van der Waals surface area (Å²) in [7, 11) is -1.94. The standard InChI is InChI=1S/C17H15F2N7O2S2/c1-3-30(27,28)12-4-5-13(26-9-20-8-22-26)24-15(12)16-23-10-6-14(29-17(18)19)21-7-11(10)25(16)2/h4-9,17H,3H2,1-2H3. The minimum atomic E-state index is -3.62. The number of aromatic nitrogens is 7. The molecule has 0 bridgehead atoms. The van der Waals surface area contributed by atoms with Crippen molar-refractivity contribution in [2.24, 2.45) is 7.05 Å². The Balaban J connectivity index is 1.94. The highest BCUT2D eigenvalue weighted by molar-refractivity contribution is 7.99. The molecule has 0 saturated carbocycles. The minimum Gasteiger partial charge on any atom is -0.324 e. The van der Waals surface area contributed by atoms with Crippen LogP contribution in [-0.4, -0.2) is 54.2 Å². The molecule has 0 atom stereocenters. The van der Waals surface area contributed by atoms with E-state index in [-0.39, 0.29) is 27.2 Å². The highest BCUT2D eigenvalue weighted by atomic mass is 32.2. The highest BCUT2D eigenvalue weighted by Crippen LogP contribution is 2.31. The number of sulfone groups is 1. The lowest BCUT2D eigenvalue weighted by Crippen LogP contribution is -2.10. The summed E-state index contributed by atoms with van der Waals surface area (Å²) < 4.78 is 53.7. The van der Waals surface area contributed by atoms with Gasteiger partial charge in [0.25, 0.3) is 5.76 Å². The Hall–Kier alpha value is -2.93. The molecule has 13 heteroatoms. The van der Waals surface area contributed by atoms with Crippen LogP contribution in [0.3, 0.4) is 0 Å². The van der Waals surface area contributed by atoms with Gasteiger partial charge in [-0.25, -0.2) is 33.0 Å². The molecule has 0 spiro atoms. The Labute approximate surface area is 174 Å². The summed E-state index contributed by atoms with van der Waals surface area (Å²) in [5.74, 6) is -2.11. The summed E-state index contributed by atoms with van der Waals surface area (Å²) in [6.07, 6.45) is 4.19. The average Bonchev–Trinajstić information content (AvgIpc) is 3.35. The van der Waals surface area contributed by atoms with E-state index in [9.17, 15) is 17.2 Å². The predicted molar refractivity (Wildman–Crippen MR) is 106 cm³/mol. The van der Waals surface area contributed by atoms with Gasteiger partial charge >= 0.3 is 0 Å². The first-order valence-corrected chi connectivity index (χ1v) is 11.2. The number of halogens is 2. The average molecular weight is 451 g/mol. The van der Waals surface area contributed by atoms with E-state index in [1.807, 2.05) is 0 Å². The number of aryl methyl sites for hydroxylation is 1.